The molecule has 1 aliphatic carbocycles. The van der Waals surface area contributed by atoms with Crippen LogP contribution < -0.4 is 0 Å². The molecule has 0 aromatic carbocycles. The summed E-state index contributed by atoms with van der Waals surface area (Å²) in [5.74, 6) is 0.186. The number of rotatable bonds is 2. The molecule has 3 unspecified atom stereocenters. The maximum absolute atomic E-state index is 11.7. The first kappa shape index (κ1) is 20.0. The summed E-state index contributed by atoms with van der Waals surface area (Å²) in [5, 5.41) is 0. The third kappa shape index (κ3) is 5.57. The van der Waals surface area contributed by atoms with Crippen molar-refractivity contribution in [3.63, 3.8) is 0 Å². The van der Waals surface area contributed by atoms with Crippen LogP contribution in [0.15, 0.2) is 34.9 Å². The third-order valence-electron chi connectivity index (χ3n) is 5.50. The lowest BCUT2D eigenvalue weighted by Crippen LogP contribution is -2.34. The van der Waals surface area contributed by atoms with Crippen molar-refractivity contribution in [1.29, 1.82) is 0 Å². The molecule has 0 bridgehead atoms. The van der Waals surface area contributed by atoms with Crippen LogP contribution in [0.25, 0.3) is 0 Å². The standard InChI is InChI=1S/C22H34O3/c1-15(2)19-12-10-16(3)8-7-9-17(4)11-13-20-22(6,25-20)21(14-19)24-18(5)23/h9-10,12,15,20-21H,7-8,11,13-14H2,1-6H3/b16-10-,17-9-,19-12+. The number of allylic oxidation sites excluding steroid dienone is 5. The van der Waals surface area contributed by atoms with Gasteiger partial charge in [-0.15, -0.1) is 0 Å². The summed E-state index contributed by atoms with van der Waals surface area (Å²) < 4.78 is 11.7. The van der Waals surface area contributed by atoms with E-state index in [1.807, 2.05) is 0 Å². The van der Waals surface area contributed by atoms with Crippen molar-refractivity contribution in [2.45, 2.75) is 91.5 Å². The maximum Gasteiger partial charge on any atom is 0.303 e. The van der Waals surface area contributed by atoms with Gasteiger partial charge in [0.05, 0.1) is 6.10 Å². The lowest BCUT2D eigenvalue weighted by atomic mass is 9.87. The molecule has 2 aliphatic rings. The van der Waals surface area contributed by atoms with E-state index in [1.165, 1.54) is 23.6 Å². The first-order valence-electron chi connectivity index (χ1n) is 9.59. The second-order valence-electron chi connectivity index (χ2n) is 8.13. The van der Waals surface area contributed by atoms with Gasteiger partial charge in [0.1, 0.15) is 11.7 Å². The normalized spacial score (nSPS) is 37.5. The zero-order chi connectivity index (χ0) is 18.6. The van der Waals surface area contributed by atoms with Gasteiger partial charge in [0.15, 0.2) is 0 Å². The van der Waals surface area contributed by atoms with E-state index in [0.717, 1.165) is 32.1 Å². The minimum absolute atomic E-state index is 0.175. The van der Waals surface area contributed by atoms with Gasteiger partial charge in [0, 0.05) is 13.3 Å². The fourth-order valence-corrected chi connectivity index (χ4v) is 3.51. The number of fused-ring (bicyclic) bond motifs is 1. The minimum Gasteiger partial charge on any atom is -0.459 e. The Morgan fingerprint density at radius 1 is 1.24 bits per heavy atom. The first-order valence-corrected chi connectivity index (χ1v) is 9.59. The lowest BCUT2D eigenvalue weighted by molar-refractivity contribution is -0.149. The Morgan fingerprint density at radius 2 is 1.96 bits per heavy atom. The zero-order valence-electron chi connectivity index (χ0n) is 16.7. The Labute approximate surface area is 153 Å². The monoisotopic (exact) mass is 346 g/mol. The molecular weight excluding hydrogens is 312 g/mol. The van der Waals surface area contributed by atoms with Crippen LogP contribution in [0.4, 0.5) is 0 Å². The molecule has 0 radical (unpaired) electrons. The van der Waals surface area contributed by atoms with Gasteiger partial charge in [0.2, 0.25) is 0 Å². The number of carbonyl (C=O) groups excluding carboxylic acids is 1. The molecule has 3 heteroatoms. The van der Waals surface area contributed by atoms with Crippen LogP contribution >= 0.6 is 0 Å². The molecule has 2 rings (SSSR count). The van der Waals surface area contributed by atoms with Crippen LogP contribution in [-0.4, -0.2) is 23.8 Å². The van der Waals surface area contributed by atoms with Gasteiger partial charge < -0.3 is 9.47 Å². The summed E-state index contributed by atoms with van der Waals surface area (Å²) in [6.45, 7) is 12.4. The SMILES string of the molecule is CC(=O)OC1C/C(C(C)C)=C\C=C(\C)CC/C=C(/C)CCC2OC12C. The highest BCUT2D eigenvalue weighted by Crippen LogP contribution is 2.46. The third-order valence-corrected chi connectivity index (χ3v) is 5.50. The van der Waals surface area contributed by atoms with E-state index in [-0.39, 0.29) is 23.8 Å². The Balaban J connectivity index is 2.30. The zero-order valence-corrected chi connectivity index (χ0v) is 16.7. The van der Waals surface area contributed by atoms with Gasteiger partial charge >= 0.3 is 5.97 Å². The summed E-state index contributed by atoms with van der Waals surface area (Å²) in [6, 6.07) is 0. The van der Waals surface area contributed by atoms with E-state index in [2.05, 4.69) is 52.8 Å². The molecule has 1 heterocycles. The van der Waals surface area contributed by atoms with Crippen molar-refractivity contribution in [2.24, 2.45) is 5.92 Å². The molecule has 0 aromatic rings. The fourth-order valence-electron chi connectivity index (χ4n) is 3.51. The molecule has 25 heavy (non-hydrogen) atoms. The molecule has 3 nitrogen and oxygen atoms in total. The summed E-state index contributed by atoms with van der Waals surface area (Å²) in [7, 11) is 0. The average Bonchev–Trinajstić information content (AvgIpc) is 3.18. The molecule has 0 amide bonds. The number of esters is 1. The van der Waals surface area contributed by atoms with Crippen molar-refractivity contribution in [3.8, 4) is 0 Å². The highest BCUT2D eigenvalue weighted by atomic mass is 16.6. The summed E-state index contributed by atoms with van der Waals surface area (Å²) in [5.41, 5.74) is 3.76. The van der Waals surface area contributed by atoms with Gasteiger partial charge in [-0.2, -0.15) is 0 Å². The van der Waals surface area contributed by atoms with Crippen LogP contribution in [0, 0.1) is 5.92 Å². The predicted octanol–water partition coefficient (Wildman–Crippen LogP) is 5.51. The van der Waals surface area contributed by atoms with Gasteiger partial charge in [-0.1, -0.05) is 48.8 Å². The van der Waals surface area contributed by atoms with E-state index in [9.17, 15) is 4.79 Å². The van der Waals surface area contributed by atoms with Gasteiger partial charge in [0.25, 0.3) is 0 Å². The van der Waals surface area contributed by atoms with Gasteiger partial charge in [-0.05, 0) is 52.4 Å². The molecule has 1 aliphatic heterocycles. The quantitative estimate of drug-likeness (QED) is 0.376. The number of carbonyl (C=O) groups is 1. The van der Waals surface area contributed by atoms with E-state index >= 15 is 0 Å². The van der Waals surface area contributed by atoms with E-state index < -0.39 is 0 Å². The van der Waals surface area contributed by atoms with Crippen LogP contribution in [0.3, 0.4) is 0 Å². The van der Waals surface area contributed by atoms with Crippen LogP contribution in [0.1, 0.15) is 73.6 Å². The Morgan fingerprint density at radius 3 is 2.60 bits per heavy atom. The molecule has 140 valence electrons. The Bertz CT molecular complexity index is 582. The lowest BCUT2D eigenvalue weighted by Gasteiger charge is -2.24. The number of hydrogen-bond donors (Lipinski definition) is 0. The second kappa shape index (κ2) is 8.35. The molecule has 0 aromatic heterocycles. The molecule has 1 fully saturated rings. The van der Waals surface area contributed by atoms with Crippen LogP contribution in [0.2, 0.25) is 0 Å². The molecule has 0 N–H and O–H groups in total. The highest BCUT2D eigenvalue weighted by molar-refractivity contribution is 5.66. The molecule has 3 atom stereocenters. The van der Waals surface area contributed by atoms with Crippen LogP contribution in [0.5, 0.6) is 0 Å². The van der Waals surface area contributed by atoms with Gasteiger partial charge in [-0.25, -0.2) is 0 Å². The summed E-state index contributed by atoms with van der Waals surface area (Å²) in [4.78, 5) is 11.7. The largest absolute Gasteiger partial charge is 0.459 e. The Hall–Kier alpha value is -1.35. The second-order valence-corrected chi connectivity index (χ2v) is 8.13. The van der Waals surface area contributed by atoms with Crippen molar-refractivity contribution in [1.82, 2.24) is 0 Å². The molecule has 1 saturated heterocycles. The van der Waals surface area contributed by atoms with Crippen molar-refractivity contribution >= 4 is 5.97 Å². The highest BCUT2D eigenvalue weighted by Gasteiger charge is 2.58. The average molecular weight is 347 g/mol. The van der Waals surface area contributed by atoms with Crippen molar-refractivity contribution < 1.29 is 14.3 Å². The minimum atomic E-state index is -0.358. The Kier molecular flexibility index (Phi) is 6.67. The van der Waals surface area contributed by atoms with E-state index in [1.54, 1.807) is 0 Å². The summed E-state index contributed by atoms with van der Waals surface area (Å²) >= 11 is 0. The van der Waals surface area contributed by atoms with Crippen LogP contribution in [-0.2, 0) is 14.3 Å². The number of hydrogen-bond acceptors (Lipinski definition) is 3. The maximum atomic E-state index is 11.7. The fraction of sp³-hybridized carbons (Fsp3) is 0.682. The summed E-state index contributed by atoms with van der Waals surface area (Å²) in [6.07, 6.45) is 11.7. The number of epoxide rings is 1. The van der Waals surface area contributed by atoms with Crippen molar-refractivity contribution in [2.75, 3.05) is 0 Å². The smallest absolute Gasteiger partial charge is 0.303 e. The van der Waals surface area contributed by atoms with E-state index in [0.29, 0.717) is 5.92 Å². The van der Waals surface area contributed by atoms with Gasteiger partial charge in [-0.3, -0.25) is 4.79 Å². The topological polar surface area (TPSA) is 38.8 Å². The predicted molar refractivity (Wildman–Crippen MR) is 102 cm³/mol. The van der Waals surface area contributed by atoms with E-state index in [4.69, 9.17) is 9.47 Å². The first-order chi connectivity index (χ1) is 11.7. The number of ether oxygens (including phenoxy) is 2. The molecule has 0 saturated carbocycles. The van der Waals surface area contributed by atoms with Crippen molar-refractivity contribution in [3.05, 3.63) is 34.9 Å². The molecule has 0 spiro atoms. The molecular formula is C22H34O3.